The van der Waals surface area contributed by atoms with Crippen LogP contribution in [0.3, 0.4) is 0 Å². The predicted molar refractivity (Wildman–Crippen MR) is 137 cm³/mol. The van der Waals surface area contributed by atoms with Gasteiger partial charge in [-0.15, -0.1) is 10.2 Å². The second-order valence-electron chi connectivity index (χ2n) is 9.61. The summed E-state index contributed by atoms with van der Waals surface area (Å²) >= 11 is 5.89. The zero-order valence-electron chi connectivity index (χ0n) is 21.8. The Bertz CT molecular complexity index is 1680. The van der Waals surface area contributed by atoms with Crippen LogP contribution in [-0.2, 0) is 13.1 Å². The number of amides is 1. The summed E-state index contributed by atoms with van der Waals surface area (Å²) in [6, 6.07) is 6.64. The van der Waals surface area contributed by atoms with E-state index in [9.17, 15) is 41.0 Å². The fraction of sp³-hybridized carbons (Fsp3) is 0.360. The molecule has 43 heavy (non-hydrogen) atoms. The Morgan fingerprint density at radius 1 is 1.07 bits per heavy atom. The van der Waals surface area contributed by atoms with Crippen molar-refractivity contribution >= 4 is 17.5 Å². The third kappa shape index (κ3) is 6.27. The molecule has 228 valence electrons. The largest absolute Gasteiger partial charge is 0.416 e. The van der Waals surface area contributed by atoms with Gasteiger partial charge in [0.15, 0.2) is 23.4 Å². The molecule has 3 aromatic heterocycles. The quantitative estimate of drug-likeness (QED) is 0.310. The number of hydrogen-bond donors (Lipinski definition) is 1. The molecular weight excluding hydrogens is 610 g/mol. The molecule has 1 unspecified atom stereocenters. The van der Waals surface area contributed by atoms with E-state index in [-0.39, 0.29) is 48.0 Å². The summed E-state index contributed by atoms with van der Waals surface area (Å²) in [6.07, 6.45) is -10.2. The highest BCUT2D eigenvalue weighted by atomic mass is 35.5. The van der Waals surface area contributed by atoms with E-state index in [4.69, 9.17) is 11.6 Å². The Morgan fingerprint density at radius 2 is 1.79 bits per heavy atom. The van der Waals surface area contributed by atoms with Crippen molar-refractivity contribution in [3.05, 3.63) is 75.9 Å². The Balaban J connectivity index is 1.46. The van der Waals surface area contributed by atoms with Gasteiger partial charge in [0.1, 0.15) is 18.9 Å². The van der Waals surface area contributed by atoms with Gasteiger partial charge in [-0.25, -0.2) is 24.1 Å². The van der Waals surface area contributed by atoms with Crippen molar-refractivity contribution in [2.45, 2.75) is 50.4 Å². The van der Waals surface area contributed by atoms with Gasteiger partial charge in [0.25, 0.3) is 5.91 Å². The molecule has 1 aromatic carbocycles. The number of aromatic nitrogens is 7. The first kappa shape index (κ1) is 30.2. The molecule has 4 heterocycles. The second kappa shape index (κ2) is 11.4. The monoisotopic (exact) mass is 630 g/mol. The molecule has 0 spiro atoms. The Morgan fingerprint density at radius 3 is 2.47 bits per heavy atom. The first-order chi connectivity index (χ1) is 20.2. The summed E-state index contributed by atoms with van der Waals surface area (Å²) in [5.41, 5.74) is -1.05. The summed E-state index contributed by atoms with van der Waals surface area (Å²) in [7, 11) is 0. The number of alkyl halides is 6. The fourth-order valence-electron chi connectivity index (χ4n) is 4.65. The van der Waals surface area contributed by atoms with Crippen LogP contribution in [-0.4, -0.2) is 81.1 Å². The zero-order chi connectivity index (χ0) is 31.1. The minimum atomic E-state index is -5.01. The average Bonchev–Trinajstić information content (AvgIpc) is 3.69. The molecule has 1 fully saturated rings. The lowest BCUT2D eigenvalue weighted by molar-refractivity contribution is -0.207. The second-order valence-corrected chi connectivity index (χ2v) is 10.0. The van der Waals surface area contributed by atoms with Crippen LogP contribution in [0.2, 0.25) is 5.02 Å². The number of nitrogens with zero attached hydrogens (tertiary/aromatic N) is 8. The van der Waals surface area contributed by atoms with Crippen molar-refractivity contribution < 1.29 is 36.2 Å². The van der Waals surface area contributed by atoms with Crippen LogP contribution in [0.15, 0.2) is 53.7 Å². The Kier molecular flexibility index (Phi) is 8.04. The lowest BCUT2D eigenvalue weighted by Gasteiger charge is -2.26. The summed E-state index contributed by atoms with van der Waals surface area (Å²) in [4.78, 5) is 35.0. The number of hydrogen-bond acceptors (Lipinski definition) is 7. The third-order valence-corrected chi connectivity index (χ3v) is 6.97. The van der Waals surface area contributed by atoms with Crippen LogP contribution in [0, 0.1) is 0 Å². The van der Waals surface area contributed by atoms with Gasteiger partial charge in [0.05, 0.1) is 12.2 Å². The molecule has 4 aromatic rings. The van der Waals surface area contributed by atoms with Gasteiger partial charge in [0, 0.05) is 23.3 Å². The van der Waals surface area contributed by atoms with Crippen LogP contribution in [0.4, 0.5) is 26.3 Å². The van der Waals surface area contributed by atoms with Gasteiger partial charge < -0.3 is 10.0 Å². The molecule has 0 saturated carbocycles. The fourth-order valence-corrected chi connectivity index (χ4v) is 4.78. The van der Waals surface area contributed by atoms with Crippen LogP contribution in [0.5, 0.6) is 0 Å². The standard InChI is InChI=1S/C25H21ClF6N8O3/c26-15-7-5-14(6-8-15)21-36-39(23(43)38(21)11-18(41)25(30,31)32)12-19-34-13-40(35-19)16-3-1-9-33-20(16)22(42)37-10-2-4-17(37)24(27,28)29/h1,3,5-9,13,17-18,41H,2,4,10-12H2/t17-,18?/m1/s1. The van der Waals surface area contributed by atoms with Gasteiger partial charge in [-0.2, -0.15) is 26.3 Å². The molecule has 1 aliphatic heterocycles. The molecule has 5 rings (SSSR count). The first-order valence-electron chi connectivity index (χ1n) is 12.7. The van der Waals surface area contributed by atoms with Crippen LogP contribution in [0.1, 0.15) is 29.2 Å². The highest BCUT2D eigenvalue weighted by Gasteiger charge is 2.48. The lowest BCUT2D eigenvalue weighted by atomic mass is 10.2. The van der Waals surface area contributed by atoms with E-state index >= 15 is 0 Å². The molecule has 11 nitrogen and oxygen atoms in total. The van der Waals surface area contributed by atoms with Crippen LogP contribution < -0.4 is 5.69 Å². The Labute approximate surface area is 243 Å². The maximum atomic E-state index is 13.5. The number of carbonyl (C=O) groups is 1. The first-order valence-corrected chi connectivity index (χ1v) is 13.0. The summed E-state index contributed by atoms with van der Waals surface area (Å²) < 4.78 is 82.3. The molecule has 1 aliphatic rings. The molecule has 1 amide bonds. The van der Waals surface area contributed by atoms with Gasteiger partial charge in [0.2, 0.25) is 0 Å². The minimum absolute atomic E-state index is 0.0205. The van der Waals surface area contributed by atoms with Crippen molar-refractivity contribution in [2.24, 2.45) is 0 Å². The van der Waals surface area contributed by atoms with E-state index < -0.39 is 49.2 Å². The number of benzene rings is 1. The number of pyridine rings is 1. The third-order valence-electron chi connectivity index (χ3n) is 6.72. The summed E-state index contributed by atoms with van der Waals surface area (Å²) in [6.45, 7) is -1.68. The molecule has 0 aliphatic carbocycles. The number of likely N-dealkylation sites (tertiary alicyclic amines) is 1. The number of rotatable bonds is 7. The van der Waals surface area contributed by atoms with Crippen molar-refractivity contribution in [1.82, 2.24) is 39.0 Å². The molecule has 1 N–H and O–H groups in total. The lowest BCUT2D eigenvalue weighted by Crippen LogP contribution is -2.45. The average molecular weight is 631 g/mol. The summed E-state index contributed by atoms with van der Waals surface area (Å²) in [5.74, 6) is -1.20. The van der Waals surface area contributed by atoms with Crippen LogP contribution in [0.25, 0.3) is 17.1 Å². The highest BCUT2D eigenvalue weighted by Crippen LogP contribution is 2.34. The van der Waals surface area contributed by atoms with E-state index in [2.05, 4.69) is 20.2 Å². The van der Waals surface area contributed by atoms with E-state index in [0.717, 1.165) is 15.7 Å². The molecule has 0 bridgehead atoms. The zero-order valence-corrected chi connectivity index (χ0v) is 22.6. The Hall–Kier alpha value is -4.25. The van der Waals surface area contributed by atoms with E-state index in [1.54, 1.807) is 0 Å². The van der Waals surface area contributed by atoms with E-state index in [1.807, 2.05) is 0 Å². The molecular formula is C25H21ClF6N8O3. The molecule has 0 radical (unpaired) electrons. The predicted octanol–water partition coefficient (Wildman–Crippen LogP) is 3.48. The van der Waals surface area contributed by atoms with Crippen molar-refractivity contribution in [2.75, 3.05) is 6.54 Å². The highest BCUT2D eigenvalue weighted by molar-refractivity contribution is 6.30. The maximum absolute atomic E-state index is 13.5. The van der Waals surface area contributed by atoms with Crippen molar-refractivity contribution in [3.8, 4) is 17.1 Å². The molecule has 2 atom stereocenters. The number of aliphatic hydroxyl groups is 1. The van der Waals surface area contributed by atoms with Gasteiger partial charge >= 0.3 is 18.0 Å². The number of halogens is 7. The van der Waals surface area contributed by atoms with E-state index in [0.29, 0.717) is 14.5 Å². The molecule has 18 heteroatoms. The van der Waals surface area contributed by atoms with E-state index in [1.165, 1.54) is 42.6 Å². The molecule has 1 saturated heterocycles. The van der Waals surface area contributed by atoms with Gasteiger partial charge in [-0.05, 0) is 49.2 Å². The summed E-state index contributed by atoms with van der Waals surface area (Å²) in [5, 5.41) is 18.3. The van der Waals surface area contributed by atoms with Crippen LogP contribution >= 0.6 is 11.6 Å². The minimum Gasteiger partial charge on any atom is -0.382 e. The number of carbonyl (C=O) groups excluding carboxylic acids is 1. The van der Waals surface area contributed by atoms with Gasteiger partial charge in [-0.1, -0.05) is 11.6 Å². The van der Waals surface area contributed by atoms with Gasteiger partial charge in [-0.3, -0.25) is 9.36 Å². The SMILES string of the molecule is O=C(c1ncccc1-n1cnc(Cn2nc(-c3ccc(Cl)cc3)n(CC(O)C(F)(F)F)c2=O)n1)N1CCC[C@@H]1C(F)(F)F. The maximum Gasteiger partial charge on any atom is 0.416 e. The normalized spacial score (nSPS) is 16.6. The van der Waals surface area contributed by atoms with Crippen molar-refractivity contribution in [3.63, 3.8) is 0 Å². The van der Waals surface area contributed by atoms with Crippen molar-refractivity contribution in [1.29, 1.82) is 0 Å². The topological polar surface area (TPSA) is 124 Å². The number of aliphatic hydroxyl groups excluding tert-OH is 1. The smallest absolute Gasteiger partial charge is 0.382 e.